The van der Waals surface area contributed by atoms with Crippen molar-refractivity contribution in [1.29, 1.82) is 0 Å². The third-order valence-electron chi connectivity index (χ3n) is 3.65. The number of aromatic nitrogens is 2. The molecule has 0 N–H and O–H groups in total. The number of rotatable bonds is 5. The largest absolute Gasteiger partial charge is 0.383 e. The van der Waals surface area contributed by atoms with Gasteiger partial charge >= 0.3 is 0 Å². The zero-order chi connectivity index (χ0) is 12.1. The second-order valence-electron chi connectivity index (χ2n) is 4.74. The van der Waals surface area contributed by atoms with Gasteiger partial charge in [0.15, 0.2) is 0 Å². The molecular weight excluding hydrogens is 214 g/mol. The summed E-state index contributed by atoms with van der Waals surface area (Å²) in [5.74, 6) is 0.703. The maximum atomic E-state index is 5.12. The molecule has 0 spiro atoms. The van der Waals surface area contributed by atoms with Gasteiger partial charge in [0.25, 0.3) is 0 Å². The van der Waals surface area contributed by atoms with Crippen molar-refractivity contribution in [1.82, 2.24) is 14.7 Å². The molecule has 1 aromatic rings. The van der Waals surface area contributed by atoms with Gasteiger partial charge in [-0.05, 0) is 44.3 Å². The van der Waals surface area contributed by atoms with E-state index in [-0.39, 0.29) is 0 Å². The molecule has 0 aromatic carbocycles. The number of hydrogen-bond acceptors (Lipinski definition) is 3. The van der Waals surface area contributed by atoms with Crippen LogP contribution in [-0.4, -0.2) is 48.0 Å². The van der Waals surface area contributed by atoms with E-state index in [1.54, 1.807) is 7.11 Å². The predicted molar refractivity (Wildman–Crippen MR) is 68.2 cm³/mol. The van der Waals surface area contributed by atoms with E-state index in [1.165, 1.54) is 31.5 Å². The van der Waals surface area contributed by atoms with Crippen LogP contribution in [0.5, 0.6) is 0 Å². The second-order valence-corrected chi connectivity index (χ2v) is 4.74. The Morgan fingerprint density at radius 1 is 1.41 bits per heavy atom. The number of hydrogen-bond donors (Lipinski definition) is 0. The molecule has 0 aliphatic carbocycles. The third kappa shape index (κ3) is 3.30. The van der Waals surface area contributed by atoms with Crippen molar-refractivity contribution in [2.24, 2.45) is 0 Å². The summed E-state index contributed by atoms with van der Waals surface area (Å²) >= 11 is 0. The normalized spacial score (nSPS) is 18.7. The molecule has 0 unspecified atom stereocenters. The van der Waals surface area contributed by atoms with Gasteiger partial charge in [-0.2, -0.15) is 5.10 Å². The molecule has 1 fully saturated rings. The number of nitrogens with zero attached hydrogens (tertiary/aromatic N) is 3. The fraction of sp³-hybridized carbons (Fsp3) is 0.769. The van der Waals surface area contributed by atoms with Crippen molar-refractivity contribution in [3.8, 4) is 0 Å². The Balaban J connectivity index is 1.82. The van der Waals surface area contributed by atoms with E-state index in [4.69, 9.17) is 4.74 Å². The fourth-order valence-corrected chi connectivity index (χ4v) is 2.47. The van der Waals surface area contributed by atoms with Crippen molar-refractivity contribution in [2.45, 2.75) is 32.2 Å². The highest BCUT2D eigenvalue weighted by Crippen LogP contribution is 2.27. The zero-order valence-electron chi connectivity index (χ0n) is 10.9. The quantitative estimate of drug-likeness (QED) is 0.781. The molecule has 1 saturated heterocycles. The number of aryl methyl sites for hydroxylation is 1. The molecule has 96 valence electrons. The molecule has 0 saturated carbocycles. The minimum absolute atomic E-state index is 0.703. The van der Waals surface area contributed by atoms with Gasteiger partial charge in [0, 0.05) is 26.4 Å². The Hall–Kier alpha value is -0.870. The van der Waals surface area contributed by atoms with Gasteiger partial charge in [-0.25, -0.2) is 0 Å². The molecule has 2 heterocycles. The van der Waals surface area contributed by atoms with Crippen LogP contribution in [0.1, 0.15) is 31.2 Å². The summed E-state index contributed by atoms with van der Waals surface area (Å²) in [5.41, 5.74) is 1.42. The van der Waals surface area contributed by atoms with E-state index in [2.05, 4.69) is 23.1 Å². The maximum absolute atomic E-state index is 5.12. The molecule has 0 radical (unpaired) electrons. The first-order valence-corrected chi connectivity index (χ1v) is 6.57. The lowest BCUT2D eigenvalue weighted by Gasteiger charge is -2.31. The van der Waals surface area contributed by atoms with Crippen molar-refractivity contribution in [3.63, 3.8) is 0 Å². The monoisotopic (exact) mass is 237 g/mol. The van der Waals surface area contributed by atoms with Crippen molar-refractivity contribution in [2.75, 3.05) is 33.4 Å². The Labute approximate surface area is 104 Å². The van der Waals surface area contributed by atoms with Crippen LogP contribution in [0, 0.1) is 0 Å². The van der Waals surface area contributed by atoms with Gasteiger partial charge in [0.1, 0.15) is 0 Å². The highest BCUT2D eigenvalue weighted by molar-refractivity contribution is 5.12. The summed E-state index contributed by atoms with van der Waals surface area (Å²) in [4.78, 5) is 2.49. The molecule has 1 aliphatic heterocycles. The van der Waals surface area contributed by atoms with Crippen LogP contribution >= 0.6 is 0 Å². The second kappa shape index (κ2) is 6.17. The number of ether oxygens (including phenoxy) is 1. The van der Waals surface area contributed by atoms with Crippen molar-refractivity contribution >= 4 is 0 Å². The summed E-state index contributed by atoms with van der Waals surface area (Å²) in [7, 11) is 1.77. The van der Waals surface area contributed by atoms with Crippen LogP contribution in [0.3, 0.4) is 0 Å². The van der Waals surface area contributed by atoms with Gasteiger partial charge in [0.2, 0.25) is 0 Å². The SMILES string of the molecule is CCn1cc(C2CCN(CCOC)CC2)cn1. The molecule has 4 heteroatoms. The lowest BCUT2D eigenvalue weighted by Crippen LogP contribution is -2.35. The van der Waals surface area contributed by atoms with Gasteiger partial charge in [-0.15, -0.1) is 0 Å². The average Bonchev–Trinajstić information content (AvgIpc) is 2.86. The molecule has 0 bridgehead atoms. The summed E-state index contributed by atoms with van der Waals surface area (Å²) in [6, 6.07) is 0. The zero-order valence-corrected chi connectivity index (χ0v) is 10.9. The molecule has 0 amide bonds. The standard InChI is InChI=1S/C13H23N3O/c1-3-16-11-13(10-14-16)12-4-6-15(7-5-12)8-9-17-2/h10-12H,3-9H2,1-2H3. The topological polar surface area (TPSA) is 30.3 Å². The highest BCUT2D eigenvalue weighted by atomic mass is 16.5. The fourth-order valence-electron chi connectivity index (χ4n) is 2.47. The molecule has 17 heavy (non-hydrogen) atoms. The molecule has 2 rings (SSSR count). The van der Waals surface area contributed by atoms with Crippen LogP contribution < -0.4 is 0 Å². The van der Waals surface area contributed by atoms with Gasteiger partial charge in [0.05, 0.1) is 12.8 Å². The summed E-state index contributed by atoms with van der Waals surface area (Å²) in [5, 5.41) is 4.36. The molecule has 1 aliphatic rings. The minimum Gasteiger partial charge on any atom is -0.383 e. The van der Waals surface area contributed by atoms with Crippen LogP contribution in [0.4, 0.5) is 0 Å². The van der Waals surface area contributed by atoms with Crippen molar-refractivity contribution in [3.05, 3.63) is 18.0 Å². The van der Waals surface area contributed by atoms with E-state index < -0.39 is 0 Å². The van der Waals surface area contributed by atoms with E-state index in [1.807, 2.05) is 10.9 Å². The summed E-state index contributed by atoms with van der Waals surface area (Å²) < 4.78 is 7.14. The highest BCUT2D eigenvalue weighted by Gasteiger charge is 2.21. The first-order chi connectivity index (χ1) is 8.33. The number of likely N-dealkylation sites (tertiary alicyclic amines) is 1. The van der Waals surface area contributed by atoms with E-state index in [0.717, 1.165) is 19.7 Å². The average molecular weight is 237 g/mol. The minimum atomic E-state index is 0.703. The Bertz CT molecular complexity index is 329. The summed E-state index contributed by atoms with van der Waals surface area (Å²) in [6.45, 7) is 7.38. The van der Waals surface area contributed by atoms with Gasteiger partial charge in [-0.1, -0.05) is 0 Å². The lowest BCUT2D eigenvalue weighted by molar-refractivity contribution is 0.130. The first-order valence-electron chi connectivity index (χ1n) is 6.57. The maximum Gasteiger partial charge on any atom is 0.0589 e. The van der Waals surface area contributed by atoms with Gasteiger partial charge < -0.3 is 9.64 Å². The van der Waals surface area contributed by atoms with Crippen LogP contribution in [-0.2, 0) is 11.3 Å². The molecule has 1 aromatic heterocycles. The van der Waals surface area contributed by atoms with Crippen LogP contribution in [0.2, 0.25) is 0 Å². The Morgan fingerprint density at radius 2 is 2.18 bits per heavy atom. The number of methoxy groups -OCH3 is 1. The Kier molecular flexibility index (Phi) is 4.57. The van der Waals surface area contributed by atoms with Gasteiger partial charge in [-0.3, -0.25) is 4.68 Å². The summed E-state index contributed by atoms with van der Waals surface area (Å²) in [6.07, 6.45) is 6.74. The Morgan fingerprint density at radius 3 is 2.76 bits per heavy atom. The van der Waals surface area contributed by atoms with E-state index in [0.29, 0.717) is 5.92 Å². The van der Waals surface area contributed by atoms with Crippen LogP contribution in [0.25, 0.3) is 0 Å². The molecule has 0 atom stereocenters. The van der Waals surface area contributed by atoms with Crippen molar-refractivity contribution < 1.29 is 4.74 Å². The van der Waals surface area contributed by atoms with E-state index >= 15 is 0 Å². The third-order valence-corrected chi connectivity index (χ3v) is 3.65. The number of piperidine rings is 1. The molecular formula is C13H23N3O. The van der Waals surface area contributed by atoms with Crippen LogP contribution in [0.15, 0.2) is 12.4 Å². The predicted octanol–water partition coefficient (Wildman–Crippen LogP) is 1.73. The smallest absolute Gasteiger partial charge is 0.0589 e. The van der Waals surface area contributed by atoms with E-state index in [9.17, 15) is 0 Å². The lowest BCUT2D eigenvalue weighted by atomic mass is 9.91. The molecule has 4 nitrogen and oxygen atoms in total. The first kappa shape index (κ1) is 12.6.